The molecule has 0 atom stereocenters. The van der Waals surface area contributed by atoms with Gasteiger partial charge in [-0.15, -0.1) is 0 Å². The third-order valence-corrected chi connectivity index (χ3v) is 2.88. The number of benzene rings is 1. The number of hydrogen-bond acceptors (Lipinski definition) is 5. The van der Waals surface area contributed by atoms with Crippen molar-refractivity contribution in [2.45, 2.75) is 20.0 Å². The van der Waals surface area contributed by atoms with Gasteiger partial charge in [-0.3, -0.25) is 10.1 Å². The number of rotatable bonds is 5. The van der Waals surface area contributed by atoms with Gasteiger partial charge in [0, 0.05) is 31.1 Å². The molecular weight excluding hydrogens is 274 g/mol. The first-order valence-corrected chi connectivity index (χ1v) is 6.44. The fraction of sp³-hybridized carbons (Fsp3) is 0.357. The van der Waals surface area contributed by atoms with Crippen LogP contribution in [0.1, 0.15) is 13.8 Å². The van der Waals surface area contributed by atoms with Gasteiger partial charge in [-0.25, -0.2) is 4.98 Å². The average Bonchev–Trinajstić information content (AvgIpc) is 2.84. The zero-order chi connectivity index (χ0) is 15.6. The summed E-state index contributed by atoms with van der Waals surface area (Å²) in [4.78, 5) is 15.0. The molecule has 0 aliphatic rings. The van der Waals surface area contributed by atoms with E-state index in [1.807, 2.05) is 7.05 Å². The summed E-state index contributed by atoms with van der Waals surface area (Å²) in [5.41, 5.74) is 0.461. The van der Waals surface area contributed by atoms with Crippen molar-refractivity contribution in [1.29, 1.82) is 0 Å². The number of aromatic nitrogens is 2. The predicted molar refractivity (Wildman–Crippen MR) is 77.6 cm³/mol. The van der Waals surface area contributed by atoms with Crippen LogP contribution in [0, 0.1) is 10.1 Å². The molecule has 0 N–H and O–H groups in total. The number of ether oxygens (including phenoxy) is 2. The van der Waals surface area contributed by atoms with E-state index in [-0.39, 0.29) is 17.5 Å². The first-order chi connectivity index (χ1) is 9.93. The lowest BCUT2D eigenvalue weighted by Crippen LogP contribution is -2.09. The Morgan fingerprint density at radius 1 is 1.38 bits per heavy atom. The van der Waals surface area contributed by atoms with Gasteiger partial charge < -0.3 is 14.0 Å². The normalized spacial score (nSPS) is 10.7. The predicted octanol–water partition coefficient (Wildman–Crippen LogP) is 2.79. The van der Waals surface area contributed by atoms with Crippen LogP contribution >= 0.6 is 0 Å². The summed E-state index contributed by atoms with van der Waals surface area (Å²) >= 11 is 0. The van der Waals surface area contributed by atoms with Crippen LogP contribution in [0.15, 0.2) is 24.5 Å². The fourth-order valence-electron chi connectivity index (χ4n) is 2.00. The first-order valence-electron chi connectivity index (χ1n) is 6.44. The number of hydrogen-bond donors (Lipinski definition) is 0. The Morgan fingerprint density at radius 3 is 2.57 bits per heavy atom. The maximum atomic E-state index is 11.3. The van der Waals surface area contributed by atoms with Crippen molar-refractivity contribution in [3.8, 4) is 22.9 Å². The molecule has 0 spiro atoms. The molecule has 1 heterocycles. The maximum absolute atomic E-state index is 11.3. The van der Waals surface area contributed by atoms with Gasteiger partial charge in [0.2, 0.25) is 5.75 Å². The SMILES string of the molecule is COc1cc(-c2nccn2C)cc([N+](=O)[O-])c1OC(C)C. The lowest BCUT2D eigenvalue weighted by atomic mass is 10.1. The minimum atomic E-state index is -0.479. The van der Waals surface area contributed by atoms with Crippen molar-refractivity contribution >= 4 is 5.69 Å². The van der Waals surface area contributed by atoms with E-state index in [0.29, 0.717) is 17.1 Å². The highest BCUT2D eigenvalue weighted by atomic mass is 16.6. The molecular formula is C14H17N3O4. The van der Waals surface area contributed by atoms with E-state index >= 15 is 0 Å². The van der Waals surface area contributed by atoms with Crippen LogP contribution in [-0.4, -0.2) is 27.7 Å². The lowest BCUT2D eigenvalue weighted by molar-refractivity contribution is -0.386. The van der Waals surface area contributed by atoms with Crippen molar-refractivity contribution in [3.05, 3.63) is 34.6 Å². The monoisotopic (exact) mass is 291 g/mol. The molecule has 0 aliphatic carbocycles. The minimum Gasteiger partial charge on any atom is -0.493 e. The molecule has 0 fully saturated rings. The van der Waals surface area contributed by atoms with Crippen molar-refractivity contribution in [2.24, 2.45) is 7.05 Å². The first kappa shape index (κ1) is 14.8. The molecule has 2 rings (SSSR count). The largest absolute Gasteiger partial charge is 0.493 e. The van der Waals surface area contributed by atoms with Crippen LogP contribution in [0.5, 0.6) is 11.5 Å². The highest BCUT2D eigenvalue weighted by Crippen LogP contribution is 2.41. The van der Waals surface area contributed by atoms with Crippen LogP contribution in [0.4, 0.5) is 5.69 Å². The second-order valence-electron chi connectivity index (χ2n) is 4.81. The number of methoxy groups -OCH3 is 1. The molecule has 1 aromatic heterocycles. The average molecular weight is 291 g/mol. The number of nitrogens with zero attached hydrogens (tertiary/aromatic N) is 3. The van der Waals surface area contributed by atoms with E-state index in [1.54, 1.807) is 36.9 Å². The van der Waals surface area contributed by atoms with Crippen molar-refractivity contribution < 1.29 is 14.4 Å². The van der Waals surface area contributed by atoms with Crippen molar-refractivity contribution in [3.63, 3.8) is 0 Å². The minimum absolute atomic E-state index is 0.135. The summed E-state index contributed by atoms with van der Waals surface area (Å²) in [6, 6.07) is 3.13. The summed E-state index contributed by atoms with van der Waals surface area (Å²) in [5.74, 6) is 1.07. The van der Waals surface area contributed by atoms with Crippen LogP contribution in [0.25, 0.3) is 11.4 Å². The molecule has 112 valence electrons. The molecule has 0 amide bonds. The number of aryl methyl sites for hydroxylation is 1. The molecule has 1 aromatic carbocycles. The van der Waals surface area contributed by atoms with Gasteiger partial charge in [0.1, 0.15) is 5.82 Å². The van der Waals surface area contributed by atoms with Crippen molar-refractivity contribution in [2.75, 3.05) is 7.11 Å². The zero-order valence-corrected chi connectivity index (χ0v) is 12.4. The van der Waals surface area contributed by atoms with Gasteiger partial charge in [0.25, 0.3) is 0 Å². The topological polar surface area (TPSA) is 79.4 Å². The van der Waals surface area contributed by atoms with Crippen LogP contribution in [0.3, 0.4) is 0 Å². The van der Waals surface area contributed by atoms with Crippen molar-refractivity contribution in [1.82, 2.24) is 9.55 Å². The van der Waals surface area contributed by atoms with Gasteiger partial charge in [-0.2, -0.15) is 0 Å². The molecule has 7 heteroatoms. The quantitative estimate of drug-likeness (QED) is 0.625. The number of nitro groups is 1. The Kier molecular flexibility index (Phi) is 4.11. The third kappa shape index (κ3) is 2.96. The highest BCUT2D eigenvalue weighted by Gasteiger charge is 2.24. The maximum Gasteiger partial charge on any atom is 0.315 e. The van der Waals surface area contributed by atoms with Gasteiger partial charge >= 0.3 is 5.69 Å². The zero-order valence-electron chi connectivity index (χ0n) is 12.4. The summed E-state index contributed by atoms with van der Waals surface area (Å²) in [6.07, 6.45) is 3.20. The van der Waals surface area contributed by atoms with Gasteiger partial charge in [-0.1, -0.05) is 0 Å². The van der Waals surface area contributed by atoms with Gasteiger partial charge in [0.05, 0.1) is 18.1 Å². The summed E-state index contributed by atoms with van der Waals surface area (Å²) in [7, 11) is 3.27. The highest BCUT2D eigenvalue weighted by molar-refractivity contribution is 5.69. The molecule has 0 aliphatic heterocycles. The van der Waals surface area contributed by atoms with E-state index in [1.165, 1.54) is 13.2 Å². The Hall–Kier alpha value is -2.57. The molecule has 0 saturated carbocycles. The van der Waals surface area contributed by atoms with E-state index in [0.717, 1.165) is 0 Å². The van der Waals surface area contributed by atoms with Crippen LogP contribution in [0.2, 0.25) is 0 Å². The van der Waals surface area contributed by atoms with Gasteiger partial charge in [0.15, 0.2) is 5.75 Å². The summed E-state index contributed by atoms with van der Waals surface area (Å²) in [6.45, 7) is 3.60. The Balaban J connectivity index is 2.64. The van der Waals surface area contributed by atoms with Gasteiger partial charge in [-0.05, 0) is 19.9 Å². The summed E-state index contributed by atoms with van der Waals surface area (Å²) < 4.78 is 12.6. The van der Waals surface area contributed by atoms with E-state index < -0.39 is 4.92 Å². The summed E-state index contributed by atoms with van der Waals surface area (Å²) in [5, 5.41) is 11.3. The van der Waals surface area contributed by atoms with Crippen LogP contribution in [-0.2, 0) is 7.05 Å². The molecule has 0 saturated heterocycles. The number of nitro benzene ring substituents is 1. The second kappa shape index (κ2) is 5.82. The van der Waals surface area contributed by atoms with Crippen LogP contribution < -0.4 is 9.47 Å². The standard InChI is InChI=1S/C14H17N3O4/c1-9(2)21-13-11(17(18)19)7-10(8-12(13)20-4)14-15-5-6-16(14)3/h5-9H,1-4H3. The number of imidazole rings is 1. The molecule has 0 bridgehead atoms. The Bertz CT molecular complexity index is 664. The molecule has 7 nitrogen and oxygen atoms in total. The fourth-order valence-corrected chi connectivity index (χ4v) is 2.00. The van der Waals surface area contributed by atoms with E-state index in [4.69, 9.17) is 9.47 Å². The van der Waals surface area contributed by atoms with E-state index in [9.17, 15) is 10.1 Å². The molecule has 0 unspecified atom stereocenters. The third-order valence-electron chi connectivity index (χ3n) is 2.88. The Morgan fingerprint density at radius 2 is 2.10 bits per heavy atom. The lowest BCUT2D eigenvalue weighted by Gasteiger charge is -2.15. The van der Waals surface area contributed by atoms with E-state index in [2.05, 4.69) is 4.98 Å². The smallest absolute Gasteiger partial charge is 0.315 e. The Labute approximate surface area is 122 Å². The molecule has 2 aromatic rings. The molecule has 21 heavy (non-hydrogen) atoms. The second-order valence-corrected chi connectivity index (χ2v) is 4.81. The molecule has 0 radical (unpaired) electrons.